The van der Waals surface area contributed by atoms with Crippen LogP contribution in [0.1, 0.15) is 17.7 Å². The van der Waals surface area contributed by atoms with Crippen LogP contribution in [-0.4, -0.2) is 57.4 Å². The molecule has 4 rings (SSSR count). The fourth-order valence-electron chi connectivity index (χ4n) is 3.76. The zero-order chi connectivity index (χ0) is 22.3. The Morgan fingerprint density at radius 2 is 2.09 bits per heavy atom. The van der Waals surface area contributed by atoms with Gasteiger partial charge in [0.15, 0.2) is 0 Å². The summed E-state index contributed by atoms with van der Waals surface area (Å²) in [5, 5.41) is 9.75. The average Bonchev–Trinajstić information content (AvgIpc) is 2.81. The number of pyridine rings is 1. The first-order valence-electron chi connectivity index (χ1n) is 10.7. The summed E-state index contributed by atoms with van der Waals surface area (Å²) in [5.41, 5.74) is 1.08. The van der Waals surface area contributed by atoms with Crippen molar-refractivity contribution >= 4 is 0 Å². The Hall–Kier alpha value is -3.41. The highest BCUT2D eigenvalue weighted by atomic mass is 16.5. The smallest absolute Gasteiger partial charge is 0.293 e. The van der Waals surface area contributed by atoms with E-state index in [1.54, 1.807) is 12.3 Å². The molecule has 2 aromatic heterocycles. The number of aromatic amines is 1. The number of nitrogens with one attached hydrogen (secondary N) is 1. The van der Waals surface area contributed by atoms with Gasteiger partial charge in [0.05, 0.1) is 25.2 Å². The Balaban J connectivity index is 1.33. The van der Waals surface area contributed by atoms with Crippen molar-refractivity contribution in [2.24, 2.45) is 5.92 Å². The van der Waals surface area contributed by atoms with Gasteiger partial charge in [0.25, 0.3) is 11.1 Å². The molecule has 166 valence electrons. The second-order valence-electron chi connectivity index (χ2n) is 7.90. The molecule has 0 radical (unpaired) electrons. The lowest BCUT2D eigenvalue weighted by atomic mass is 9.96. The van der Waals surface area contributed by atoms with E-state index in [2.05, 4.69) is 44.9 Å². The van der Waals surface area contributed by atoms with E-state index in [4.69, 9.17) is 4.74 Å². The molecular formula is C24H26N4O4. The van der Waals surface area contributed by atoms with E-state index >= 15 is 0 Å². The number of hydrogen-bond acceptors (Lipinski definition) is 6. The van der Waals surface area contributed by atoms with Gasteiger partial charge in [0.1, 0.15) is 0 Å². The summed E-state index contributed by atoms with van der Waals surface area (Å²) in [5.74, 6) is 6.29. The second kappa shape index (κ2) is 10.3. The van der Waals surface area contributed by atoms with Gasteiger partial charge >= 0.3 is 0 Å². The number of aryl methyl sites for hydroxylation is 2. The van der Waals surface area contributed by atoms with Crippen LogP contribution in [0.2, 0.25) is 0 Å². The summed E-state index contributed by atoms with van der Waals surface area (Å²) in [6, 6.07) is 3.28. The first kappa shape index (κ1) is 21.8. The third-order valence-corrected chi connectivity index (χ3v) is 5.63. The van der Waals surface area contributed by atoms with Gasteiger partial charge in [-0.1, -0.05) is 30.1 Å². The quantitative estimate of drug-likeness (QED) is 0.683. The topological polar surface area (TPSA) is 100 Å². The molecule has 1 aliphatic carbocycles. The van der Waals surface area contributed by atoms with Crippen molar-refractivity contribution in [1.82, 2.24) is 19.4 Å². The standard InChI is InChI=1S/C24H26N4O4/c29-22-15-19(7-9-28(22)10-8-21-23(30)24(31)26-17-25-21)4-1-18-2-5-20(6-3-18)16-27-11-13-32-14-12-27/h2-3,5,7,9,15,17,20,30H,6,8,10-14,16H2,(H,25,26,31). The number of hydrogen-bond donors (Lipinski definition) is 2. The van der Waals surface area contributed by atoms with Gasteiger partial charge in [-0.15, -0.1) is 0 Å². The Labute approximate surface area is 185 Å². The number of rotatable bonds is 5. The van der Waals surface area contributed by atoms with Crippen LogP contribution in [-0.2, 0) is 17.7 Å². The lowest BCUT2D eigenvalue weighted by molar-refractivity contribution is 0.0335. The van der Waals surface area contributed by atoms with Gasteiger partial charge < -0.3 is 19.4 Å². The van der Waals surface area contributed by atoms with Gasteiger partial charge in [0, 0.05) is 56.0 Å². The number of aromatic nitrogens is 3. The minimum atomic E-state index is -0.591. The molecule has 0 aromatic carbocycles. The molecule has 0 amide bonds. The minimum Gasteiger partial charge on any atom is -0.502 e. The highest BCUT2D eigenvalue weighted by molar-refractivity contribution is 5.45. The van der Waals surface area contributed by atoms with Crippen molar-refractivity contribution < 1.29 is 9.84 Å². The van der Waals surface area contributed by atoms with E-state index in [1.165, 1.54) is 17.0 Å². The zero-order valence-electron chi connectivity index (χ0n) is 17.8. The van der Waals surface area contributed by atoms with Crippen LogP contribution in [0.3, 0.4) is 0 Å². The SMILES string of the molecule is O=c1[nH]cnc(CCn2ccc(C#CC3=CCC(CN4CCOCC4)C=C3)cc2=O)c1O. The van der Waals surface area contributed by atoms with Gasteiger partial charge in [-0.2, -0.15) is 0 Å². The first-order valence-corrected chi connectivity index (χ1v) is 10.7. The van der Waals surface area contributed by atoms with E-state index in [9.17, 15) is 14.7 Å². The Morgan fingerprint density at radius 1 is 1.25 bits per heavy atom. The molecular weight excluding hydrogens is 408 g/mol. The summed E-state index contributed by atoms with van der Waals surface area (Å²) < 4.78 is 6.90. The highest BCUT2D eigenvalue weighted by Gasteiger charge is 2.16. The molecule has 1 unspecified atom stereocenters. The van der Waals surface area contributed by atoms with E-state index in [0.29, 0.717) is 18.0 Å². The molecule has 32 heavy (non-hydrogen) atoms. The van der Waals surface area contributed by atoms with Crippen molar-refractivity contribution in [3.05, 3.63) is 80.4 Å². The summed E-state index contributed by atoms with van der Waals surface area (Å²) in [4.78, 5) is 32.5. The van der Waals surface area contributed by atoms with Crippen LogP contribution >= 0.6 is 0 Å². The van der Waals surface area contributed by atoms with E-state index in [0.717, 1.165) is 44.8 Å². The molecule has 2 aromatic rings. The molecule has 1 aliphatic heterocycles. The van der Waals surface area contributed by atoms with Gasteiger partial charge in [-0.05, 0) is 18.4 Å². The summed E-state index contributed by atoms with van der Waals surface area (Å²) in [6.45, 7) is 4.95. The number of nitrogens with zero attached hydrogens (tertiary/aromatic N) is 3. The maximum atomic E-state index is 12.4. The lowest BCUT2D eigenvalue weighted by Crippen LogP contribution is -2.39. The molecule has 0 spiro atoms. The number of aromatic hydroxyl groups is 1. The minimum absolute atomic E-state index is 0.195. The first-order chi connectivity index (χ1) is 15.6. The van der Waals surface area contributed by atoms with E-state index in [1.807, 2.05) is 0 Å². The summed E-state index contributed by atoms with van der Waals surface area (Å²) in [7, 11) is 0. The fraction of sp³-hybridized carbons (Fsp3) is 0.375. The van der Waals surface area contributed by atoms with Crippen molar-refractivity contribution in [1.29, 1.82) is 0 Å². The van der Waals surface area contributed by atoms with Gasteiger partial charge in [-0.3, -0.25) is 14.5 Å². The van der Waals surface area contributed by atoms with Crippen LogP contribution < -0.4 is 11.1 Å². The maximum absolute atomic E-state index is 12.4. The highest BCUT2D eigenvalue weighted by Crippen LogP contribution is 2.18. The van der Waals surface area contributed by atoms with E-state index in [-0.39, 0.29) is 17.7 Å². The second-order valence-corrected chi connectivity index (χ2v) is 7.90. The Morgan fingerprint density at radius 3 is 2.84 bits per heavy atom. The third kappa shape index (κ3) is 5.63. The number of morpholine rings is 1. The molecule has 8 heteroatoms. The summed E-state index contributed by atoms with van der Waals surface area (Å²) in [6.07, 6.45) is 10.6. The van der Waals surface area contributed by atoms with Gasteiger partial charge in [0.2, 0.25) is 5.75 Å². The van der Waals surface area contributed by atoms with Crippen molar-refractivity contribution in [3.63, 3.8) is 0 Å². The lowest BCUT2D eigenvalue weighted by Gasteiger charge is -2.29. The number of allylic oxidation sites excluding steroid dienone is 3. The fourth-order valence-corrected chi connectivity index (χ4v) is 3.76. The van der Waals surface area contributed by atoms with Crippen molar-refractivity contribution in [3.8, 4) is 17.6 Å². The normalized spacial score (nSPS) is 18.6. The van der Waals surface area contributed by atoms with Crippen molar-refractivity contribution in [2.75, 3.05) is 32.8 Å². The molecule has 0 bridgehead atoms. The molecule has 8 nitrogen and oxygen atoms in total. The van der Waals surface area contributed by atoms with Crippen LogP contribution in [0.5, 0.6) is 5.75 Å². The zero-order valence-corrected chi connectivity index (χ0v) is 17.8. The molecule has 1 fully saturated rings. The maximum Gasteiger partial charge on any atom is 0.293 e. The number of ether oxygens (including phenoxy) is 1. The summed E-state index contributed by atoms with van der Waals surface area (Å²) >= 11 is 0. The molecule has 0 saturated carbocycles. The molecule has 2 N–H and O–H groups in total. The monoisotopic (exact) mass is 434 g/mol. The molecule has 2 aliphatic rings. The average molecular weight is 434 g/mol. The Kier molecular flexibility index (Phi) is 7.00. The third-order valence-electron chi connectivity index (χ3n) is 5.63. The molecule has 1 saturated heterocycles. The predicted octanol–water partition coefficient (Wildman–Crippen LogP) is 1.07. The van der Waals surface area contributed by atoms with Crippen LogP contribution in [0.4, 0.5) is 0 Å². The predicted molar refractivity (Wildman–Crippen MR) is 120 cm³/mol. The number of H-pyrrole nitrogens is 1. The van der Waals surface area contributed by atoms with E-state index < -0.39 is 11.3 Å². The largest absolute Gasteiger partial charge is 0.502 e. The van der Waals surface area contributed by atoms with Crippen molar-refractivity contribution in [2.45, 2.75) is 19.4 Å². The van der Waals surface area contributed by atoms with Crippen LogP contribution in [0.15, 0.2) is 58.0 Å². The Bertz CT molecular complexity index is 1190. The van der Waals surface area contributed by atoms with Crippen LogP contribution in [0, 0.1) is 17.8 Å². The van der Waals surface area contributed by atoms with Crippen LogP contribution in [0.25, 0.3) is 0 Å². The molecule has 1 atom stereocenters. The van der Waals surface area contributed by atoms with Gasteiger partial charge in [-0.25, -0.2) is 4.98 Å². The molecule has 3 heterocycles.